The molecule has 0 saturated carbocycles. The monoisotopic (exact) mass is 446 g/mol. The molecule has 0 saturated heterocycles. The summed E-state index contributed by atoms with van der Waals surface area (Å²) in [5.41, 5.74) is 1.44. The Morgan fingerprint density at radius 2 is 2.00 bits per heavy atom. The maximum absolute atomic E-state index is 10.6. The Labute approximate surface area is 154 Å². The number of rotatable bonds is 4. The number of nitrogens with zero attached hydrogens (tertiary/aromatic N) is 1. The van der Waals surface area contributed by atoms with Crippen molar-refractivity contribution >= 4 is 41.0 Å². The second-order valence-electron chi connectivity index (χ2n) is 6.27. The van der Waals surface area contributed by atoms with Gasteiger partial charge in [-0.2, -0.15) is 0 Å². The van der Waals surface area contributed by atoms with E-state index in [2.05, 4.69) is 42.4 Å². The molecule has 0 spiro atoms. The van der Waals surface area contributed by atoms with Crippen molar-refractivity contribution in [3.63, 3.8) is 0 Å². The lowest BCUT2D eigenvalue weighted by molar-refractivity contribution is -0.871. The molecule has 4 N–H and O–H groups in total. The summed E-state index contributed by atoms with van der Waals surface area (Å²) in [5.74, 6) is -1.36. The molecular formula is C13H21BrClN2O6P. The number of hydrogen-bond donors (Lipinski definition) is 4. The number of anilines is 1. The minimum absolute atomic E-state index is 0.315. The Hall–Kier alpha value is -0.220. The molecule has 0 amide bonds. The molecule has 0 aromatic heterocycles. The number of phosphoric acid groups is 1. The lowest BCUT2D eigenvalue weighted by Gasteiger charge is -2.28. The number of aliphatic hydroxyl groups is 1. The predicted octanol–water partition coefficient (Wildman–Crippen LogP) is 0.835. The van der Waals surface area contributed by atoms with E-state index in [-0.39, 0.29) is 0 Å². The van der Waals surface area contributed by atoms with Gasteiger partial charge in [0.25, 0.3) is 7.82 Å². The van der Waals surface area contributed by atoms with Gasteiger partial charge in [-0.05, 0) is 28.1 Å². The number of ether oxygens (including phenoxy) is 1. The molecule has 2 rings (SSSR count). The van der Waals surface area contributed by atoms with Gasteiger partial charge in [0.1, 0.15) is 6.54 Å². The van der Waals surface area contributed by atoms with Crippen molar-refractivity contribution in [2.75, 3.05) is 46.2 Å². The van der Waals surface area contributed by atoms with Gasteiger partial charge >= 0.3 is 0 Å². The van der Waals surface area contributed by atoms with Gasteiger partial charge in [-0.3, -0.25) is 4.57 Å². The van der Waals surface area contributed by atoms with E-state index in [0.29, 0.717) is 23.7 Å². The van der Waals surface area contributed by atoms with E-state index in [1.807, 2.05) is 12.1 Å². The zero-order valence-corrected chi connectivity index (χ0v) is 16.7. The van der Waals surface area contributed by atoms with Crippen molar-refractivity contribution < 1.29 is 33.6 Å². The first-order valence-electron chi connectivity index (χ1n) is 6.89. The van der Waals surface area contributed by atoms with E-state index < -0.39 is 13.6 Å². The lowest BCUT2D eigenvalue weighted by atomic mass is 10.1. The van der Waals surface area contributed by atoms with Crippen LogP contribution in [0.4, 0.5) is 5.69 Å². The van der Waals surface area contributed by atoms with E-state index in [9.17, 15) is 5.11 Å². The van der Waals surface area contributed by atoms with Crippen LogP contribution in [0.2, 0.25) is 5.02 Å². The van der Waals surface area contributed by atoms with Gasteiger partial charge in [-0.25, -0.2) is 0 Å². The number of nitrogens with one attached hydrogen (secondary N) is 1. The van der Waals surface area contributed by atoms with Gasteiger partial charge in [0.15, 0.2) is 0 Å². The fourth-order valence-electron chi connectivity index (χ4n) is 1.99. The van der Waals surface area contributed by atoms with E-state index in [1.165, 1.54) is 0 Å². The maximum atomic E-state index is 10.6. The third kappa shape index (κ3) is 6.95. The van der Waals surface area contributed by atoms with E-state index in [4.69, 9.17) is 35.6 Å². The van der Waals surface area contributed by atoms with Crippen molar-refractivity contribution in [3.8, 4) is 0 Å². The molecule has 8 nitrogen and oxygen atoms in total. The molecule has 11 heteroatoms. The summed E-state index contributed by atoms with van der Waals surface area (Å²) < 4.78 is 16.0. The Kier molecular flexibility index (Phi) is 7.26. The number of benzene rings is 1. The van der Waals surface area contributed by atoms with Crippen LogP contribution in [-0.4, -0.2) is 60.2 Å². The average Bonchev–Trinajstić information content (AvgIpc) is 2.69. The van der Waals surface area contributed by atoms with E-state index >= 15 is 0 Å². The van der Waals surface area contributed by atoms with Crippen LogP contribution in [0.15, 0.2) is 16.6 Å². The van der Waals surface area contributed by atoms with Gasteiger partial charge in [-0.15, -0.1) is 0 Å². The topological polar surface area (TPSA) is 122 Å². The van der Waals surface area contributed by atoms with Crippen LogP contribution < -0.4 is 10.2 Å². The molecule has 1 aliphatic heterocycles. The summed E-state index contributed by atoms with van der Waals surface area (Å²) >= 11 is 9.63. The second kappa shape index (κ2) is 7.99. The van der Waals surface area contributed by atoms with Gasteiger partial charge < -0.3 is 34.3 Å². The van der Waals surface area contributed by atoms with Crippen molar-refractivity contribution in [1.29, 1.82) is 0 Å². The minimum atomic E-state index is -4.89. The molecule has 1 aromatic carbocycles. The quantitative estimate of drug-likeness (QED) is 0.306. The van der Waals surface area contributed by atoms with Crippen molar-refractivity contribution in [1.82, 2.24) is 0 Å². The number of quaternary nitrogens is 1. The fourth-order valence-corrected chi connectivity index (χ4v) is 2.64. The molecule has 1 heterocycles. The van der Waals surface area contributed by atoms with E-state index in [0.717, 1.165) is 21.2 Å². The van der Waals surface area contributed by atoms with Crippen LogP contribution in [-0.2, 0) is 15.1 Å². The normalized spacial score (nSPS) is 20.0. The molecule has 1 unspecified atom stereocenters. The Morgan fingerprint density at radius 1 is 1.46 bits per heavy atom. The molecule has 0 radical (unpaired) electrons. The third-order valence-electron chi connectivity index (χ3n) is 3.11. The van der Waals surface area contributed by atoms with Crippen LogP contribution >= 0.6 is 35.4 Å². The number of hydrogen-bond acceptors (Lipinski definition) is 5. The van der Waals surface area contributed by atoms with Crippen LogP contribution in [0.5, 0.6) is 0 Å². The first-order chi connectivity index (χ1) is 10.7. The summed E-state index contributed by atoms with van der Waals surface area (Å²) in [6.07, 6.45) is 0. The highest BCUT2D eigenvalue weighted by atomic mass is 79.9. The molecule has 0 aliphatic carbocycles. The molecule has 0 bridgehead atoms. The number of β-amino-alcohol motifs (C(OH)–C–C–N with tert-alkyl or cyclic N) is 1. The smallest absolute Gasteiger partial charge is 0.262 e. The number of fused-ring (bicyclic) bond motifs is 1. The van der Waals surface area contributed by atoms with Gasteiger partial charge in [0.05, 0.1) is 44.9 Å². The average molecular weight is 448 g/mol. The van der Waals surface area contributed by atoms with Crippen LogP contribution in [0.1, 0.15) is 5.56 Å². The minimum Gasteiger partial charge on any atom is -0.756 e. The fraction of sp³-hybridized carbons (Fsp3) is 0.538. The first-order valence-corrected chi connectivity index (χ1v) is 9.59. The number of likely N-dealkylation sites (N-methyl/N-ethyl adjacent to an activating group) is 1. The SMILES string of the molecule is C[N+](C)(C)CCOC1(O)CNc2ccc(Br)c(Cl)c21.O=P([O-])(O)O. The van der Waals surface area contributed by atoms with Crippen molar-refractivity contribution in [3.05, 3.63) is 27.2 Å². The highest BCUT2D eigenvalue weighted by molar-refractivity contribution is 9.10. The molecular weight excluding hydrogens is 426 g/mol. The summed E-state index contributed by atoms with van der Waals surface area (Å²) in [4.78, 5) is 22.9. The molecule has 1 aliphatic rings. The molecule has 1 atom stereocenters. The van der Waals surface area contributed by atoms with E-state index in [1.54, 1.807) is 0 Å². The highest BCUT2D eigenvalue weighted by Crippen LogP contribution is 2.43. The first kappa shape index (κ1) is 21.8. The van der Waals surface area contributed by atoms with Crippen molar-refractivity contribution in [2.45, 2.75) is 5.79 Å². The van der Waals surface area contributed by atoms with Crippen LogP contribution in [0, 0.1) is 0 Å². The zero-order valence-electron chi connectivity index (χ0n) is 13.5. The predicted molar refractivity (Wildman–Crippen MR) is 92.4 cm³/mol. The Morgan fingerprint density at radius 3 is 2.50 bits per heavy atom. The summed E-state index contributed by atoms with van der Waals surface area (Å²) in [7, 11) is 1.35. The third-order valence-corrected chi connectivity index (χ3v) is 4.39. The zero-order chi connectivity index (χ0) is 18.8. The second-order valence-corrected chi connectivity index (χ2v) is 8.49. The Balaban J connectivity index is 0.000000505. The summed E-state index contributed by atoms with van der Waals surface area (Å²) in [6.45, 7) is 1.59. The standard InChI is InChI=1S/C13H19BrClN2O2.H3O4P/c1-17(2,3)6-7-19-13(18)8-16-10-5-4-9(14)12(15)11(10)13;1-5(2,3)4/h4-5,16,18H,6-8H2,1-3H3;(H3,1,2,3,4)/q+1;/p-1. The van der Waals surface area contributed by atoms with Crippen LogP contribution in [0.3, 0.4) is 0 Å². The van der Waals surface area contributed by atoms with Gasteiger partial charge in [0.2, 0.25) is 5.79 Å². The maximum Gasteiger partial charge on any atom is 0.262 e. The largest absolute Gasteiger partial charge is 0.756 e. The lowest BCUT2D eigenvalue weighted by Crippen LogP contribution is -2.41. The molecule has 1 aromatic rings. The van der Waals surface area contributed by atoms with Gasteiger partial charge in [-0.1, -0.05) is 11.6 Å². The summed E-state index contributed by atoms with van der Waals surface area (Å²) in [5, 5.41) is 14.3. The summed E-state index contributed by atoms with van der Waals surface area (Å²) in [6, 6.07) is 3.73. The molecule has 138 valence electrons. The van der Waals surface area contributed by atoms with Crippen molar-refractivity contribution in [2.24, 2.45) is 0 Å². The Bertz CT molecular complexity index is 627. The van der Waals surface area contributed by atoms with Gasteiger partial charge in [0, 0.05) is 10.2 Å². The van der Waals surface area contributed by atoms with Crippen LogP contribution in [0.25, 0.3) is 0 Å². The molecule has 0 fully saturated rings. The highest BCUT2D eigenvalue weighted by Gasteiger charge is 2.41. The number of halogens is 2. The molecule has 24 heavy (non-hydrogen) atoms.